The SMILES string of the molecule is Cc1ccccc1NC(c1ccccc1)=[N+](Cc1ccccc1)Cc1ccccc1.[Cl-]. The van der Waals surface area contributed by atoms with Gasteiger partial charge in [-0.25, -0.2) is 5.32 Å². The standard InChI is InChI=1S/C28H26N2.ClH/c1-23-13-11-12-20-27(23)29-28(26-18-9-4-10-19-26)30(21-24-14-5-2-6-15-24)22-25-16-7-3-8-17-25;/h2-20H,21-22H2,1H3;1H. The number of anilines is 1. The Balaban J connectivity index is 0.00000272. The van der Waals surface area contributed by atoms with Gasteiger partial charge in [0.15, 0.2) is 0 Å². The smallest absolute Gasteiger partial charge is 0.282 e. The molecule has 0 bridgehead atoms. The van der Waals surface area contributed by atoms with Crippen molar-refractivity contribution < 1.29 is 17.0 Å². The van der Waals surface area contributed by atoms with Gasteiger partial charge in [-0.1, -0.05) is 97.1 Å². The lowest BCUT2D eigenvalue weighted by Crippen LogP contribution is -3.00. The second kappa shape index (κ2) is 11.1. The molecule has 0 aliphatic rings. The van der Waals surface area contributed by atoms with E-state index in [0.29, 0.717) is 0 Å². The van der Waals surface area contributed by atoms with E-state index >= 15 is 0 Å². The van der Waals surface area contributed by atoms with Crippen LogP contribution in [-0.2, 0) is 13.1 Å². The molecule has 156 valence electrons. The van der Waals surface area contributed by atoms with Crippen LogP contribution in [-0.4, -0.2) is 10.4 Å². The van der Waals surface area contributed by atoms with Gasteiger partial charge in [-0.15, -0.1) is 0 Å². The molecule has 0 spiro atoms. The average Bonchev–Trinajstić information content (AvgIpc) is 2.80. The molecule has 0 unspecified atom stereocenters. The first-order valence-corrected chi connectivity index (χ1v) is 10.4. The van der Waals surface area contributed by atoms with Gasteiger partial charge in [0.25, 0.3) is 5.84 Å². The zero-order valence-electron chi connectivity index (χ0n) is 17.7. The van der Waals surface area contributed by atoms with Crippen molar-refractivity contribution in [2.45, 2.75) is 20.0 Å². The number of hydrogen-bond donors (Lipinski definition) is 1. The number of amidine groups is 1. The molecule has 2 nitrogen and oxygen atoms in total. The molecule has 0 heterocycles. The summed E-state index contributed by atoms with van der Waals surface area (Å²) in [6, 6.07) is 40.3. The van der Waals surface area contributed by atoms with E-state index in [4.69, 9.17) is 0 Å². The first-order chi connectivity index (χ1) is 14.8. The Hall–Kier alpha value is -3.36. The van der Waals surface area contributed by atoms with E-state index in [2.05, 4.69) is 132 Å². The second-order valence-corrected chi connectivity index (χ2v) is 7.48. The molecule has 1 N–H and O–H groups in total. The van der Waals surface area contributed by atoms with Crippen molar-refractivity contribution in [1.82, 2.24) is 0 Å². The lowest BCUT2D eigenvalue weighted by atomic mass is 10.1. The van der Waals surface area contributed by atoms with E-state index in [0.717, 1.165) is 24.6 Å². The second-order valence-electron chi connectivity index (χ2n) is 7.48. The van der Waals surface area contributed by atoms with Crippen molar-refractivity contribution in [2.24, 2.45) is 0 Å². The van der Waals surface area contributed by atoms with Crippen LogP contribution in [0.3, 0.4) is 0 Å². The van der Waals surface area contributed by atoms with Gasteiger partial charge in [-0.2, -0.15) is 0 Å². The molecule has 0 saturated heterocycles. The Kier molecular flexibility index (Phi) is 8.03. The van der Waals surface area contributed by atoms with Gasteiger partial charge < -0.3 is 12.4 Å². The van der Waals surface area contributed by atoms with Crippen molar-refractivity contribution >= 4 is 11.5 Å². The zero-order chi connectivity index (χ0) is 20.6. The predicted octanol–water partition coefficient (Wildman–Crippen LogP) is 3.27. The van der Waals surface area contributed by atoms with Crippen LogP contribution in [0.25, 0.3) is 0 Å². The molecule has 31 heavy (non-hydrogen) atoms. The number of nitrogens with zero attached hydrogens (tertiary/aromatic N) is 1. The van der Waals surface area contributed by atoms with Gasteiger partial charge in [0, 0.05) is 0 Å². The molecule has 3 heteroatoms. The van der Waals surface area contributed by atoms with Gasteiger partial charge in [0.2, 0.25) is 0 Å². The lowest BCUT2D eigenvalue weighted by molar-refractivity contribution is -0.559. The summed E-state index contributed by atoms with van der Waals surface area (Å²) >= 11 is 0. The van der Waals surface area contributed by atoms with Crippen LogP contribution < -0.4 is 17.7 Å². The fourth-order valence-electron chi connectivity index (χ4n) is 3.59. The first kappa shape index (κ1) is 22.3. The topological polar surface area (TPSA) is 15.0 Å². The molecule has 0 aliphatic carbocycles. The summed E-state index contributed by atoms with van der Waals surface area (Å²) in [4.78, 5) is 0. The highest BCUT2D eigenvalue weighted by molar-refractivity contribution is 6.05. The Morgan fingerprint density at radius 2 is 1.06 bits per heavy atom. The van der Waals surface area contributed by atoms with Gasteiger partial charge in [0.1, 0.15) is 18.8 Å². The Labute approximate surface area is 191 Å². The molecule has 0 atom stereocenters. The van der Waals surface area contributed by atoms with Gasteiger partial charge in [0.05, 0.1) is 5.56 Å². The predicted molar refractivity (Wildman–Crippen MR) is 126 cm³/mol. The molecule has 0 amide bonds. The highest BCUT2D eigenvalue weighted by Crippen LogP contribution is 2.17. The van der Waals surface area contributed by atoms with Crippen LogP contribution in [0.2, 0.25) is 0 Å². The summed E-state index contributed by atoms with van der Waals surface area (Å²) in [7, 11) is 0. The van der Waals surface area contributed by atoms with Crippen LogP contribution >= 0.6 is 0 Å². The van der Waals surface area contributed by atoms with E-state index in [9.17, 15) is 0 Å². The number of rotatable bonds is 6. The lowest BCUT2D eigenvalue weighted by Gasteiger charge is -2.15. The zero-order valence-corrected chi connectivity index (χ0v) is 18.5. The van der Waals surface area contributed by atoms with E-state index < -0.39 is 0 Å². The molecule has 0 saturated carbocycles. The summed E-state index contributed by atoms with van der Waals surface area (Å²) in [5, 5.41) is 3.75. The third kappa shape index (κ3) is 6.07. The summed E-state index contributed by atoms with van der Waals surface area (Å²) in [6.45, 7) is 3.78. The number of para-hydroxylation sites is 1. The maximum absolute atomic E-state index is 3.75. The number of nitrogens with one attached hydrogen (secondary N) is 1. The van der Waals surface area contributed by atoms with Crippen LogP contribution in [0.1, 0.15) is 22.3 Å². The fourth-order valence-corrected chi connectivity index (χ4v) is 3.59. The molecule has 0 fully saturated rings. The van der Waals surface area contributed by atoms with Crippen molar-refractivity contribution in [2.75, 3.05) is 5.32 Å². The highest BCUT2D eigenvalue weighted by atomic mass is 35.5. The van der Waals surface area contributed by atoms with E-state index in [1.807, 2.05) is 0 Å². The Morgan fingerprint density at radius 1 is 0.613 bits per heavy atom. The third-order valence-electron chi connectivity index (χ3n) is 5.19. The average molecular weight is 427 g/mol. The first-order valence-electron chi connectivity index (χ1n) is 10.4. The molecule has 0 aromatic heterocycles. The molecule has 4 aromatic carbocycles. The Bertz CT molecular complexity index is 1060. The molecule has 4 aromatic rings. The van der Waals surface area contributed by atoms with E-state index in [-0.39, 0.29) is 12.4 Å². The van der Waals surface area contributed by atoms with Crippen molar-refractivity contribution in [3.05, 3.63) is 138 Å². The van der Waals surface area contributed by atoms with E-state index in [1.54, 1.807) is 0 Å². The maximum Gasteiger partial charge on any atom is 0.282 e. The number of benzene rings is 4. The minimum Gasteiger partial charge on any atom is -1.00 e. The van der Waals surface area contributed by atoms with Crippen molar-refractivity contribution in [3.8, 4) is 0 Å². The monoisotopic (exact) mass is 426 g/mol. The summed E-state index contributed by atoms with van der Waals surface area (Å²) in [5.41, 5.74) is 6.10. The van der Waals surface area contributed by atoms with Crippen LogP contribution in [0.15, 0.2) is 115 Å². The Morgan fingerprint density at radius 3 is 1.58 bits per heavy atom. The largest absolute Gasteiger partial charge is 1.00 e. The fraction of sp³-hybridized carbons (Fsp3) is 0.107. The number of hydrogen-bond acceptors (Lipinski definition) is 0. The minimum absolute atomic E-state index is 0. The third-order valence-corrected chi connectivity index (χ3v) is 5.19. The highest BCUT2D eigenvalue weighted by Gasteiger charge is 2.19. The summed E-state index contributed by atoms with van der Waals surface area (Å²) in [6.07, 6.45) is 0. The van der Waals surface area contributed by atoms with Crippen LogP contribution in [0, 0.1) is 6.92 Å². The van der Waals surface area contributed by atoms with Crippen molar-refractivity contribution in [3.63, 3.8) is 0 Å². The molecule has 0 radical (unpaired) electrons. The maximum atomic E-state index is 3.75. The van der Waals surface area contributed by atoms with Gasteiger partial charge >= 0.3 is 0 Å². The molecular formula is C28H27ClN2. The summed E-state index contributed by atoms with van der Waals surface area (Å²) in [5.74, 6) is 1.11. The van der Waals surface area contributed by atoms with Crippen molar-refractivity contribution in [1.29, 1.82) is 0 Å². The van der Waals surface area contributed by atoms with Crippen LogP contribution in [0.5, 0.6) is 0 Å². The minimum atomic E-state index is 0. The van der Waals surface area contributed by atoms with Crippen LogP contribution in [0.4, 0.5) is 5.69 Å². The summed E-state index contributed by atoms with van der Waals surface area (Å²) < 4.78 is 2.42. The van der Waals surface area contributed by atoms with Gasteiger partial charge in [-0.3, -0.25) is 4.58 Å². The molecule has 0 aliphatic heterocycles. The quantitative estimate of drug-likeness (QED) is 0.284. The van der Waals surface area contributed by atoms with Gasteiger partial charge in [-0.05, 0) is 41.8 Å². The molecular weight excluding hydrogens is 400 g/mol. The number of halogens is 1. The number of aryl methyl sites for hydroxylation is 1. The van der Waals surface area contributed by atoms with E-state index in [1.165, 1.54) is 22.3 Å². The molecule has 4 rings (SSSR count). The normalized spacial score (nSPS) is 10.1.